The van der Waals surface area contributed by atoms with E-state index in [4.69, 9.17) is 9.26 Å². The third-order valence-electron chi connectivity index (χ3n) is 5.99. The third kappa shape index (κ3) is 5.58. The molecular weight excluding hydrogens is 465 g/mol. The molecule has 192 valence electrons. The van der Waals surface area contributed by atoms with Crippen molar-refractivity contribution >= 4 is 12.0 Å². The van der Waals surface area contributed by atoms with Crippen molar-refractivity contribution in [2.75, 3.05) is 6.54 Å². The van der Waals surface area contributed by atoms with Crippen molar-refractivity contribution in [1.29, 1.82) is 0 Å². The second-order valence-electron chi connectivity index (χ2n) is 10.3. The van der Waals surface area contributed by atoms with Crippen LogP contribution >= 0.6 is 0 Å². The second kappa shape index (κ2) is 10.1. The Kier molecular flexibility index (Phi) is 7.14. The molecule has 4 rings (SSSR count). The van der Waals surface area contributed by atoms with E-state index in [1.54, 1.807) is 40.0 Å². The quantitative estimate of drug-likeness (QED) is 0.540. The number of carbonyl (C=O) groups excluding carboxylic acids is 2. The molecule has 0 aliphatic carbocycles. The Bertz CT molecular complexity index is 1180. The first kappa shape index (κ1) is 25.4. The van der Waals surface area contributed by atoms with Crippen LogP contribution in [0.1, 0.15) is 80.9 Å². The fraction of sp³-hybridized carbons (Fsp3) is 0.462. The Labute approximate surface area is 209 Å². The van der Waals surface area contributed by atoms with Crippen molar-refractivity contribution in [3.8, 4) is 0 Å². The first-order valence-corrected chi connectivity index (χ1v) is 12.0. The zero-order valence-electron chi connectivity index (χ0n) is 21.1. The van der Waals surface area contributed by atoms with Crippen molar-refractivity contribution in [3.63, 3.8) is 0 Å². The van der Waals surface area contributed by atoms with Gasteiger partial charge in [-0.1, -0.05) is 17.3 Å². The summed E-state index contributed by atoms with van der Waals surface area (Å²) in [5.41, 5.74) is 0.401. The molecular formula is C26H32FN5O4. The molecule has 3 unspecified atom stereocenters. The monoisotopic (exact) mass is 497 g/mol. The van der Waals surface area contributed by atoms with Crippen molar-refractivity contribution < 1.29 is 23.2 Å². The molecule has 10 heteroatoms. The second-order valence-corrected chi connectivity index (χ2v) is 10.3. The zero-order valence-corrected chi connectivity index (χ0v) is 21.1. The molecule has 1 aliphatic rings. The number of aromatic nitrogens is 3. The third-order valence-corrected chi connectivity index (χ3v) is 5.99. The molecule has 0 spiro atoms. The van der Waals surface area contributed by atoms with Gasteiger partial charge in [-0.25, -0.2) is 9.18 Å². The van der Waals surface area contributed by atoms with Gasteiger partial charge in [-0.15, -0.1) is 0 Å². The zero-order chi connectivity index (χ0) is 26.0. The maximum absolute atomic E-state index is 13.9. The molecule has 1 aromatic carbocycles. The Morgan fingerprint density at radius 3 is 2.50 bits per heavy atom. The number of likely N-dealkylation sites (tertiary alicyclic amines) is 1. The van der Waals surface area contributed by atoms with Crippen LogP contribution in [0.15, 0.2) is 53.3 Å². The van der Waals surface area contributed by atoms with Crippen molar-refractivity contribution in [1.82, 2.24) is 25.2 Å². The summed E-state index contributed by atoms with van der Waals surface area (Å²) in [5.74, 6) is -0.538. The smallest absolute Gasteiger partial charge is 0.410 e. The summed E-state index contributed by atoms with van der Waals surface area (Å²) in [7, 11) is 0. The highest BCUT2D eigenvalue weighted by molar-refractivity contribution is 5.92. The van der Waals surface area contributed by atoms with Crippen molar-refractivity contribution in [2.24, 2.45) is 0 Å². The highest BCUT2D eigenvalue weighted by Crippen LogP contribution is 2.48. The van der Waals surface area contributed by atoms with Gasteiger partial charge in [0, 0.05) is 30.8 Å². The highest BCUT2D eigenvalue weighted by atomic mass is 19.1. The molecule has 0 saturated carbocycles. The SMILES string of the molecule is CC(C)NC(=O)c1ccn(C2CCN(C(=O)OC(C)(C)C)C(c3ccno3)C2c2ccc(F)cc2)n1. The number of nitrogens with one attached hydrogen (secondary N) is 1. The summed E-state index contributed by atoms with van der Waals surface area (Å²) >= 11 is 0. The maximum Gasteiger partial charge on any atom is 0.410 e. The number of nitrogens with zero attached hydrogens (tertiary/aromatic N) is 4. The Morgan fingerprint density at radius 1 is 1.17 bits per heavy atom. The van der Waals surface area contributed by atoms with E-state index in [1.165, 1.54) is 18.3 Å². The summed E-state index contributed by atoms with van der Waals surface area (Å²) in [4.78, 5) is 27.5. The van der Waals surface area contributed by atoms with Crippen LogP contribution in [-0.2, 0) is 4.74 Å². The van der Waals surface area contributed by atoms with Gasteiger partial charge in [-0.3, -0.25) is 14.4 Å². The minimum absolute atomic E-state index is 0.0254. The van der Waals surface area contributed by atoms with Gasteiger partial charge in [0.2, 0.25) is 0 Å². The lowest BCUT2D eigenvalue weighted by Gasteiger charge is -2.44. The van der Waals surface area contributed by atoms with Crippen LogP contribution in [0.2, 0.25) is 0 Å². The van der Waals surface area contributed by atoms with Gasteiger partial charge in [0.25, 0.3) is 5.91 Å². The normalized spacial score (nSPS) is 20.4. The summed E-state index contributed by atoms with van der Waals surface area (Å²) in [5, 5.41) is 11.3. The Hall–Kier alpha value is -3.69. The molecule has 1 aliphatic heterocycles. The molecule has 3 atom stereocenters. The van der Waals surface area contributed by atoms with Gasteiger partial charge in [0.15, 0.2) is 5.76 Å². The number of halogens is 1. The first-order valence-electron chi connectivity index (χ1n) is 12.0. The average Bonchev–Trinajstić information content (AvgIpc) is 3.50. The van der Waals surface area contributed by atoms with Crippen LogP contribution in [0, 0.1) is 5.82 Å². The van der Waals surface area contributed by atoms with Crippen LogP contribution in [0.4, 0.5) is 9.18 Å². The highest BCUT2D eigenvalue weighted by Gasteiger charge is 2.46. The Morgan fingerprint density at radius 2 is 1.89 bits per heavy atom. The molecule has 3 heterocycles. The maximum atomic E-state index is 13.9. The van der Waals surface area contributed by atoms with Gasteiger partial charge >= 0.3 is 6.09 Å². The van der Waals surface area contributed by atoms with Crippen LogP contribution in [0.25, 0.3) is 0 Å². The van der Waals surface area contributed by atoms with E-state index in [-0.39, 0.29) is 29.7 Å². The number of hydrogen-bond acceptors (Lipinski definition) is 6. The molecule has 0 bridgehead atoms. The summed E-state index contributed by atoms with van der Waals surface area (Å²) in [6.45, 7) is 9.56. The van der Waals surface area contributed by atoms with Gasteiger partial charge in [-0.2, -0.15) is 5.10 Å². The van der Waals surface area contributed by atoms with Crippen LogP contribution in [0.5, 0.6) is 0 Å². The Balaban J connectivity index is 1.78. The number of carbonyl (C=O) groups is 2. The number of hydrogen-bond donors (Lipinski definition) is 1. The first-order chi connectivity index (χ1) is 17.0. The molecule has 2 aromatic heterocycles. The molecule has 3 aromatic rings. The van der Waals surface area contributed by atoms with Crippen LogP contribution in [-0.4, -0.2) is 50.0 Å². The van der Waals surface area contributed by atoms with E-state index in [0.29, 0.717) is 24.4 Å². The largest absolute Gasteiger partial charge is 0.444 e. The van der Waals surface area contributed by atoms with E-state index in [9.17, 15) is 14.0 Å². The van der Waals surface area contributed by atoms with Gasteiger partial charge in [0.1, 0.15) is 23.2 Å². The van der Waals surface area contributed by atoms with E-state index in [1.807, 2.05) is 34.6 Å². The molecule has 0 radical (unpaired) electrons. The van der Waals surface area contributed by atoms with E-state index in [2.05, 4.69) is 15.6 Å². The number of rotatable bonds is 5. The predicted octanol–water partition coefficient (Wildman–Crippen LogP) is 4.86. The average molecular weight is 498 g/mol. The summed E-state index contributed by atoms with van der Waals surface area (Å²) in [6.07, 6.45) is 3.33. The lowest BCUT2D eigenvalue weighted by molar-refractivity contribution is -0.00562. The fourth-order valence-electron chi connectivity index (χ4n) is 4.59. The number of amides is 2. The van der Waals surface area contributed by atoms with Crippen LogP contribution in [0.3, 0.4) is 0 Å². The van der Waals surface area contributed by atoms with Crippen molar-refractivity contribution in [3.05, 3.63) is 71.6 Å². The molecule has 1 N–H and O–H groups in total. The topological polar surface area (TPSA) is 102 Å². The van der Waals surface area contributed by atoms with Crippen molar-refractivity contribution in [2.45, 2.75) is 70.7 Å². The standard InChI is InChI=1S/C26H32FN5O4/c1-16(2)29-24(33)19-11-15-32(30-19)20-12-14-31(25(34)35-26(3,4)5)23(21-10-13-28-36-21)22(20)17-6-8-18(27)9-7-17/h6-11,13,15-16,20,22-23H,12,14H2,1-5H3,(H,29,33). The number of piperidine rings is 1. The summed E-state index contributed by atoms with van der Waals surface area (Å²) in [6, 6.07) is 8.68. The molecule has 9 nitrogen and oxygen atoms in total. The van der Waals surface area contributed by atoms with Gasteiger partial charge < -0.3 is 14.6 Å². The van der Waals surface area contributed by atoms with Crippen LogP contribution < -0.4 is 5.32 Å². The molecule has 2 amide bonds. The molecule has 36 heavy (non-hydrogen) atoms. The molecule has 1 fully saturated rings. The number of benzene rings is 1. The minimum atomic E-state index is -0.689. The minimum Gasteiger partial charge on any atom is -0.444 e. The molecule has 1 saturated heterocycles. The van der Waals surface area contributed by atoms with E-state index >= 15 is 0 Å². The fourth-order valence-corrected chi connectivity index (χ4v) is 4.59. The van der Waals surface area contributed by atoms with Gasteiger partial charge in [0.05, 0.1) is 12.2 Å². The number of ether oxygens (including phenoxy) is 1. The van der Waals surface area contributed by atoms with E-state index in [0.717, 1.165) is 5.56 Å². The van der Waals surface area contributed by atoms with E-state index < -0.39 is 17.7 Å². The lowest BCUT2D eigenvalue weighted by Crippen LogP contribution is -2.47. The lowest BCUT2D eigenvalue weighted by atomic mass is 9.78. The van der Waals surface area contributed by atoms with Gasteiger partial charge in [-0.05, 0) is 64.8 Å². The summed E-state index contributed by atoms with van der Waals surface area (Å²) < 4.78 is 26.9. The predicted molar refractivity (Wildman–Crippen MR) is 130 cm³/mol.